The van der Waals surface area contributed by atoms with E-state index in [1.165, 1.54) is 11.2 Å². The molecule has 0 radical (unpaired) electrons. The lowest BCUT2D eigenvalue weighted by Crippen LogP contribution is -2.55. The summed E-state index contributed by atoms with van der Waals surface area (Å²) in [7, 11) is 1.64. The molecule has 1 saturated heterocycles. The summed E-state index contributed by atoms with van der Waals surface area (Å²) < 4.78 is 17.8. The highest BCUT2D eigenvalue weighted by Gasteiger charge is 2.45. The van der Waals surface area contributed by atoms with Gasteiger partial charge in [0.1, 0.15) is 30.0 Å². The van der Waals surface area contributed by atoms with E-state index in [2.05, 4.69) is 10.6 Å². The van der Waals surface area contributed by atoms with E-state index in [1.54, 1.807) is 34.0 Å². The Hall–Kier alpha value is -3.16. The number of aliphatic hydroxyl groups excluding tert-OH is 3. The summed E-state index contributed by atoms with van der Waals surface area (Å²) in [6, 6.07) is 13.7. The van der Waals surface area contributed by atoms with Crippen LogP contribution in [0.15, 0.2) is 42.5 Å². The highest BCUT2D eigenvalue weighted by molar-refractivity contribution is 7.84. The SMILES string of the molecule is Cc1ccc([C@@H]2O[C@H](S(C)=O)[C@@H](O)[C@H](O)[C@@H]2O)cc1Cc1ccc(CCCC(=O)NC(C)(C)C(=O)NCC(=O)N(C)C)cc1. The maximum absolute atomic E-state index is 12.5. The number of nitrogens with one attached hydrogen (secondary N) is 2. The normalized spacial score (nSPS) is 22.6. The minimum absolute atomic E-state index is 0.137. The van der Waals surface area contributed by atoms with Gasteiger partial charge in [0.05, 0.1) is 17.3 Å². The summed E-state index contributed by atoms with van der Waals surface area (Å²) in [5, 5.41) is 36.4. The van der Waals surface area contributed by atoms with E-state index in [9.17, 15) is 33.9 Å². The van der Waals surface area contributed by atoms with Gasteiger partial charge in [-0.3, -0.25) is 18.6 Å². The Balaban J connectivity index is 1.54. The Labute approximate surface area is 261 Å². The molecule has 1 aliphatic rings. The van der Waals surface area contributed by atoms with Gasteiger partial charge in [-0.05, 0) is 67.9 Å². The quantitative estimate of drug-likeness (QED) is 0.230. The molecule has 1 unspecified atom stereocenters. The summed E-state index contributed by atoms with van der Waals surface area (Å²) in [6.45, 7) is 5.03. The van der Waals surface area contributed by atoms with E-state index >= 15 is 0 Å². The monoisotopic (exact) mass is 631 g/mol. The number of aryl methyl sites for hydroxylation is 2. The van der Waals surface area contributed by atoms with Crippen LogP contribution < -0.4 is 10.6 Å². The van der Waals surface area contributed by atoms with Crippen LogP contribution >= 0.6 is 0 Å². The first kappa shape index (κ1) is 35.3. The predicted molar refractivity (Wildman–Crippen MR) is 167 cm³/mol. The van der Waals surface area contributed by atoms with Gasteiger partial charge in [0, 0.05) is 26.8 Å². The number of carbonyl (C=O) groups excluding carboxylic acids is 3. The minimum Gasteiger partial charge on any atom is -0.387 e. The number of ether oxygens (including phenoxy) is 1. The van der Waals surface area contributed by atoms with E-state index < -0.39 is 52.1 Å². The molecule has 11 nitrogen and oxygen atoms in total. The number of hydrogen-bond donors (Lipinski definition) is 5. The third-order valence-corrected chi connectivity index (χ3v) is 8.85. The number of carbonyl (C=O) groups is 3. The van der Waals surface area contributed by atoms with Gasteiger partial charge < -0.3 is 35.6 Å². The molecule has 0 aromatic heterocycles. The molecule has 2 aromatic carbocycles. The highest BCUT2D eigenvalue weighted by Crippen LogP contribution is 2.34. The van der Waals surface area contributed by atoms with Crippen molar-refractivity contribution in [1.82, 2.24) is 15.5 Å². The maximum atomic E-state index is 12.5. The van der Waals surface area contributed by atoms with Gasteiger partial charge in [0.15, 0.2) is 5.44 Å². The molecular formula is C32H45N3O8S. The van der Waals surface area contributed by atoms with Crippen molar-refractivity contribution in [3.8, 4) is 0 Å². The molecule has 12 heteroatoms. The molecular weight excluding hydrogens is 586 g/mol. The Bertz CT molecular complexity index is 1350. The molecule has 0 saturated carbocycles. The molecule has 1 heterocycles. The second-order valence-electron chi connectivity index (χ2n) is 12.1. The third kappa shape index (κ3) is 9.18. The number of hydrogen-bond acceptors (Lipinski definition) is 8. The topological polar surface area (TPSA) is 166 Å². The fraction of sp³-hybridized carbons (Fsp3) is 0.531. The zero-order valence-corrected chi connectivity index (χ0v) is 27.0. The summed E-state index contributed by atoms with van der Waals surface area (Å²) in [5.41, 5.74) is 2.51. The summed E-state index contributed by atoms with van der Waals surface area (Å²) in [4.78, 5) is 38.0. The van der Waals surface area contributed by atoms with Crippen LogP contribution in [0, 0.1) is 6.92 Å². The van der Waals surface area contributed by atoms with E-state index in [0.29, 0.717) is 24.8 Å². The Morgan fingerprint density at radius 1 is 0.977 bits per heavy atom. The van der Waals surface area contributed by atoms with Crippen molar-refractivity contribution in [3.05, 3.63) is 70.3 Å². The molecule has 242 valence electrons. The molecule has 44 heavy (non-hydrogen) atoms. The standard InChI is InChI=1S/C32H45N3O8S/c1-19-10-15-22(29-27(39)26(38)28(40)30(43-29)44(6)42)17-23(19)16-21-13-11-20(12-14-21)8-7-9-24(36)34-32(2,3)31(41)33-18-25(37)35(4)5/h10-15,17,26-30,38-40H,7-9,16,18H2,1-6H3,(H,33,41)(H,34,36)/t26-,27+,28+,29+,30-,44?/m1/s1. The fourth-order valence-corrected chi connectivity index (χ4v) is 5.79. The number of rotatable bonds is 12. The van der Waals surface area contributed by atoms with E-state index in [4.69, 9.17) is 4.74 Å². The summed E-state index contributed by atoms with van der Waals surface area (Å²) >= 11 is 0. The Kier molecular flexibility index (Phi) is 12.2. The van der Waals surface area contributed by atoms with Crippen LogP contribution in [0.25, 0.3) is 0 Å². The lowest BCUT2D eigenvalue weighted by atomic mass is 9.91. The van der Waals surface area contributed by atoms with Crippen molar-refractivity contribution in [1.29, 1.82) is 0 Å². The average molecular weight is 632 g/mol. The van der Waals surface area contributed by atoms with Crippen molar-refractivity contribution in [2.75, 3.05) is 26.9 Å². The number of nitrogens with zero attached hydrogens (tertiary/aromatic N) is 1. The molecule has 6 atom stereocenters. The zero-order chi connectivity index (χ0) is 32.8. The molecule has 3 amide bonds. The van der Waals surface area contributed by atoms with Crippen LogP contribution in [-0.4, -0.2) is 98.3 Å². The van der Waals surface area contributed by atoms with Gasteiger partial charge in [-0.1, -0.05) is 42.5 Å². The van der Waals surface area contributed by atoms with Crippen molar-refractivity contribution in [2.24, 2.45) is 0 Å². The largest absolute Gasteiger partial charge is 0.387 e. The van der Waals surface area contributed by atoms with Crippen LogP contribution in [0.4, 0.5) is 0 Å². The predicted octanol–water partition coefficient (Wildman–Crippen LogP) is 0.866. The molecule has 5 N–H and O–H groups in total. The number of likely N-dealkylation sites (N-methyl/N-ethyl adjacent to an activating group) is 1. The van der Waals surface area contributed by atoms with E-state index in [0.717, 1.165) is 22.3 Å². The van der Waals surface area contributed by atoms with Crippen molar-refractivity contribution in [2.45, 2.75) is 81.8 Å². The first-order valence-corrected chi connectivity index (χ1v) is 16.2. The average Bonchev–Trinajstić information content (AvgIpc) is 2.96. The molecule has 1 fully saturated rings. The zero-order valence-electron chi connectivity index (χ0n) is 26.2. The third-order valence-electron chi connectivity index (χ3n) is 7.80. The van der Waals surface area contributed by atoms with E-state index in [1.807, 2.05) is 43.3 Å². The Morgan fingerprint density at radius 2 is 1.61 bits per heavy atom. The number of amides is 3. The van der Waals surface area contributed by atoms with Gasteiger partial charge in [0.2, 0.25) is 17.7 Å². The lowest BCUT2D eigenvalue weighted by Gasteiger charge is -2.40. The van der Waals surface area contributed by atoms with Crippen LogP contribution in [0.3, 0.4) is 0 Å². The van der Waals surface area contributed by atoms with Gasteiger partial charge in [-0.25, -0.2) is 0 Å². The summed E-state index contributed by atoms with van der Waals surface area (Å²) in [6.07, 6.45) is -1.73. The minimum atomic E-state index is -1.56. The van der Waals surface area contributed by atoms with Crippen molar-refractivity contribution >= 4 is 28.5 Å². The number of benzene rings is 2. The maximum Gasteiger partial charge on any atom is 0.245 e. The van der Waals surface area contributed by atoms with Gasteiger partial charge in [-0.15, -0.1) is 0 Å². The molecule has 0 bridgehead atoms. The lowest BCUT2D eigenvalue weighted by molar-refractivity contribution is -0.201. The molecule has 2 aromatic rings. The number of aliphatic hydroxyl groups is 3. The van der Waals surface area contributed by atoms with Crippen LogP contribution in [0.2, 0.25) is 0 Å². The first-order valence-electron chi connectivity index (χ1n) is 14.6. The van der Waals surface area contributed by atoms with Crippen molar-refractivity contribution < 1.29 is 38.6 Å². The molecule has 1 aliphatic heterocycles. The van der Waals surface area contributed by atoms with Crippen LogP contribution in [0.1, 0.15) is 60.6 Å². The first-order chi connectivity index (χ1) is 20.6. The van der Waals surface area contributed by atoms with Crippen LogP contribution in [-0.2, 0) is 42.8 Å². The fourth-order valence-electron chi connectivity index (χ4n) is 4.96. The molecule has 0 aliphatic carbocycles. The second-order valence-corrected chi connectivity index (χ2v) is 13.5. The van der Waals surface area contributed by atoms with Crippen LogP contribution in [0.5, 0.6) is 0 Å². The molecule has 3 rings (SSSR count). The van der Waals surface area contributed by atoms with Crippen molar-refractivity contribution in [3.63, 3.8) is 0 Å². The second kappa shape index (κ2) is 15.2. The van der Waals surface area contributed by atoms with Gasteiger partial charge >= 0.3 is 0 Å². The highest BCUT2D eigenvalue weighted by atomic mass is 32.2. The van der Waals surface area contributed by atoms with Gasteiger partial charge in [0.25, 0.3) is 0 Å². The van der Waals surface area contributed by atoms with Gasteiger partial charge in [-0.2, -0.15) is 0 Å². The smallest absolute Gasteiger partial charge is 0.245 e. The summed E-state index contributed by atoms with van der Waals surface area (Å²) in [5.74, 6) is -0.921. The van der Waals surface area contributed by atoms with E-state index in [-0.39, 0.29) is 24.8 Å². The Morgan fingerprint density at radius 3 is 2.23 bits per heavy atom. The molecule has 0 spiro atoms.